The Balaban J connectivity index is 3.05. The first-order valence-electron chi connectivity index (χ1n) is 4.10. The van der Waals surface area contributed by atoms with E-state index in [4.69, 9.17) is 0 Å². The van der Waals surface area contributed by atoms with Crippen LogP contribution in [0.15, 0.2) is 40.6 Å². The number of benzene rings is 1. The molecular weight excluding hydrogens is 264 g/mol. The van der Waals surface area contributed by atoms with Crippen LogP contribution in [0.2, 0.25) is 0 Å². The number of halogens is 1. The van der Waals surface area contributed by atoms with Gasteiger partial charge in [-0.2, -0.15) is 0 Å². The standard InChI is InChI=1S/C10H11BrO2S/c1-9-3-5-10(6-4-9)14(12,13)8-2-7-11/h2-6,8H,7H2,1H3. The molecule has 1 aromatic rings. The van der Waals surface area contributed by atoms with Crippen LogP contribution in [0.1, 0.15) is 5.56 Å². The molecule has 4 heteroatoms. The van der Waals surface area contributed by atoms with Crippen LogP contribution in [0, 0.1) is 6.92 Å². The third-order valence-electron chi connectivity index (χ3n) is 1.71. The van der Waals surface area contributed by atoms with Crippen molar-refractivity contribution in [2.75, 3.05) is 5.33 Å². The zero-order chi connectivity index (χ0) is 10.6. The summed E-state index contributed by atoms with van der Waals surface area (Å²) in [7, 11) is -3.25. The molecule has 0 N–H and O–H groups in total. The number of aryl methyl sites for hydroxylation is 1. The second-order valence-corrected chi connectivity index (χ2v) is 5.37. The van der Waals surface area contributed by atoms with Gasteiger partial charge in [0.05, 0.1) is 4.90 Å². The highest BCUT2D eigenvalue weighted by atomic mass is 79.9. The molecule has 0 heterocycles. The van der Waals surface area contributed by atoms with Gasteiger partial charge in [-0.3, -0.25) is 0 Å². The highest BCUT2D eigenvalue weighted by Crippen LogP contribution is 2.12. The van der Waals surface area contributed by atoms with Gasteiger partial charge in [-0.25, -0.2) is 8.42 Å². The minimum Gasteiger partial charge on any atom is -0.219 e. The first-order valence-corrected chi connectivity index (χ1v) is 6.77. The lowest BCUT2D eigenvalue weighted by atomic mass is 10.2. The summed E-state index contributed by atoms with van der Waals surface area (Å²) in [4.78, 5) is 0.334. The van der Waals surface area contributed by atoms with Crippen LogP contribution in [0.3, 0.4) is 0 Å². The maximum Gasteiger partial charge on any atom is 0.199 e. The highest BCUT2D eigenvalue weighted by molar-refractivity contribution is 9.09. The van der Waals surface area contributed by atoms with Crippen molar-refractivity contribution in [2.45, 2.75) is 11.8 Å². The average molecular weight is 275 g/mol. The van der Waals surface area contributed by atoms with E-state index in [0.29, 0.717) is 10.2 Å². The smallest absolute Gasteiger partial charge is 0.199 e. The fourth-order valence-electron chi connectivity index (χ4n) is 0.970. The Morgan fingerprint density at radius 2 is 1.86 bits per heavy atom. The maximum atomic E-state index is 11.6. The Morgan fingerprint density at radius 3 is 2.36 bits per heavy atom. The lowest BCUT2D eigenvalue weighted by Crippen LogP contribution is -1.95. The van der Waals surface area contributed by atoms with Gasteiger partial charge in [-0.1, -0.05) is 39.7 Å². The molecule has 0 aliphatic heterocycles. The molecule has 76 valence electrons. The molecule has 0 bridgehead atoms. The SMILES string of the molecule is Cc1ccc(S(=O)(=O)C=CCBr)cc1. The Morgan fingerprint density at radius 1 is 1.29 bits per heavy atom. The van der Waals surface area contributed by atoms with Crippen molar-refractivity contribution in [1.82, 2.24) is 0 Å². The topological polar surface area (TPSA) is 34.1 Å². The van der Waals surface area contributed by atoms with Crippen molar-refractivity contribution in [1.29, 1.82) is 0 Å². The molecule has 0 saturated heterocycles. The van der Waals surface area contributed by atoms with Gasteiger partial charge in [0.1, 0.15) is 0 Å². The van der Waals surface area contributed by atoms with E-state index in [-0.39, 0.29) is 0 Å². The monoisotopic (exact) mass is 274 g/mol. The van der Waals surface area contributed by atoms with Crippen LogP contribution in [0.4, 0.5) is 0 Å². The zero-order valence-corrected chi connectivity index (χ0v) is 10.2. The summed E-state index contributed by atoms with van der Waals surface area (Å²) in [5.74, 6) is 0. The van der Waals surface area contributed by atoms with E-state index in [1.807, 2.05) is 6.92 Å². The van der Waals surface area contributed by atoms with E-state index in [1.54, 1.807) is 30.3 Å². The van der Waals surface area contributed by atoms with Crippen LogP contribution in [-0.4, -0.2) is 13.7 Å². The number of alkyl halides is 1. The van der Waals surface area contributed by atoms with Crippen molar-refractivity contribution in [3.05, 3.63) is 41.3 Å². The zero-order valence-electron chi connectivity index (χ0n) is 7.77. The minimum absolute atomic E-state index is 0.334. The molecule has 0 aliphatic rings. The summed E-state index contributed by atoms with van der Waals surface area (Å²) < 4.78 is 23.2. The van der Waals surface area contributed by atoms with E-state index >= 15 is 0 Å². The lowest BCUT2D eigenvalue weighted by Gasteiger charge is -1.98. The van der Waals surface area contributed by atoms with Crippen LogP contribution < -0.4 is 0 Å². The van der Waals surface area contributed by atoms with E-state index in [1.165, 1.54) is 5.41 Å². The summed E-state index contributed by atoms with van der Waals surface area (Å²) >= 11 is 3.13. The van der Waals surface area contributed by atoms with Crippen molar-refractivity contribution in [3.8, 4) is 0 Å². The predicted molar refractivity (Wildman–Crippen MR) is 61.3 cm³/mol. The molecule has 0 unspecified atom stereocenters. The quantitative estimate of drug-likeness (QED) is 0.795. The van der Waals surface area contributed by atoms with Crippen LogP contribution in [0.5, 0.6) is 0 Å². The maximum absolute atomic E-state index is 11.6. The van der Waals surface area contributed by atoms with E-state index in [9.17, 15) is 8.42 Å². The Labute approximate surface area is 92.7 Å². The molecule has 0 spiro atoms. The van der Waals surface area contributed by atoms with Gasteiger partial charge in [0, 0.05) is 10.7 Å². The molecule has 2 nitrogen and oxygen atoms in total. The summed E-state index contributed by atoms with van der Waals surface area (Å²) in [6.45, 7) is 1.92. The van der Waals surface area contributed by atoms with Gasteiger partial charge in [-0.05, 0) is 19.1 Å². The van der Waals surface area contributed by atoms with Gasteiger partial charge in [-0.15, -0.1) is 0 Å². The van der Waals surface area contributed by atoms with Crippen molar-refractivity contribution < 1.29 is 8.42 Å². The van der Waals surface area contributed by atoms with Crippen LogP contribution >= 0.6 is 15.9 Å². The van der Waals surface area contributed by atoms with E-state index in [2.05, 4.69) is 15.9 Å². The molecule has 0 fully saturated rings. The van der Waals surface area contributed by atoms with Crippen molar-refractivity contribution >= 4 is 25.8 Å². The van der Waals surface area contributed by atoms with Crippen molar-refractivity contribution in [3.63, 3.8) is 0 Å². The number of rotatable bonds is 3. The van der Waals surface area contributed by atoms with Crippen LogP contribution in [-0.2, 0) is 9.84 Å². The first kappa shape index (κ1) is 11.5. The summed E-state index contributed by atoms with van der Waals surface area (Å²) in [5.41, 5.74) is 1.05. The van der Waals surface area contributed by atoms with E-state index < -0.39 is 9.84 Å². The second-order valence-electron chi connectivity index (χ2n) is 2.88. The highest BCUT2D eigenvalue weighted by Gasteiger charge is 2.08. The predicted octanol–water partition coefficient (Wildman–Crippen LogP) is 2.68. The summed E-state index contributed by atoms with van der Waals surface area (Å²) in [5, 5.41) is 1.75. The normalized spacial score (nSPS) is 12.1. The van der Waals surface area contributed by atoms with Crippen LogP contribution in [0.25, 0.3) is 0 Å². The van der Waals surface area contributed by atoms with Gasteiger partial charge >= 0.3 is 0 Å². The molecule has 0 atom stereocenters. The largest absolute Gasteiger partial charge is 0.219 e. The Bertz CT molecular complexity index is 418. The van der Waals surface area contributed by atoms with Gasteiger partial charge in [0.15, 0.2) is 9.84 Å². The number of sulfone groups is 1. The fourth-order valence-corrected chi connectivity index (χ4v) is 2.43. The summed E-state index contributed by atoms with van der Waals surface area (Å²) in [6, 6.07) is 6.80. The molecule has 1 rings (SSSR count). The number of hydrogen-bond acceptors (Lipinski definition) is 2. The number of allylic oxidation sites excluding steroid dienone is 1. The molecule has 0 aliphatic carbocycles. The lowest BCUT2D eigenvalue weighted by molar-refractivity contribution is 0.604. The molecule has 0 amide bonds. The third kappa shape index (κ3) is 2.96. The second kappa shape index (κ2) is 4.75. The average Bonchev–Trinajstić information content (AvgIpc) is 2.16. The van der Waals surface area contributed by atoms with Crippen molar-refractivity contribution in [2.24, 2.45) is 0 Å². The molecular formula is C10H11BrO2S. The molecule has 0 saturated carbocycles. The van der Waals surface area contributed by atoms with Gasteiger partial charge in [0.2, 0.25) is 0 Å². The Hall–Kier alpha value is -0.610. The first-order chi connectivity index (χ1) is 6.56. The fraction of sp³-hybridized carbons (Fsp3) is 0.200. The molecule has 14 heavy (non-hydrogen) atoms. The molecule has 1 aromatic carbocycles. The number of hydrogen-bond donors (Lipinski definition) is 0. The molecule has 0 radical (unpaired) electrons. The third-order valence-corrected chi connectivity index (χ3v) is 3.57. The van der Waals surface area contributed by atoms with Gasteiger partial charge < -0.3 is 0 Å². The summed E-state index contributed by atoms with van der Waals surface area (Å²) in [6.07, 6.45) is 1.56. The van der Waals surface area contributed by atoms with Gasteiger partial charge in [0.25, 0.3) is 0 Å². The Kier molecular flexibility index (Phi) is 3.89. The molecule has 0 aromatic heterocycles. The van der Waals surface area contributed by atoms with E-state index in [0.717, 1.165) is 5.56 Å². The minimum atomic E-state index is -3.25.